The van der Waals surface area contributed by atoms with Crippen molar-refractivity contribution in [2.24, 2.45) is 0 Å². The highest BCUT2D eigenvalue weighted by Gasteiger charge is 2.20. The first-order valence-electron chi connectivity index (χ1n) is 21.4. The van der Waals surface area contributed by atoms with Gasteiger partial charge in [-0.2, -0.15) is 0 Å². The molecule has 5 heteroatoms. The van der Waals surface area contributed by atoms with Crippen LogP contribution in [0.25, 0.3) is 0 Å². The van der Waals surface area contributed by atoms with Crippen LogP contribution in [0.1, 0.15) is 206 Å². The van der Waals surface area contributed by atoms with Gasteiger partial charge in [-0.3, -0.25) is 4.79 Å². The van der Waals surface area contributed by atoms with Gasteiger partial charge in [0.25, 0.3) is 0 Å². The van der Waals surface area contributed by atoms with Crippen LogP contribution >= 0.6 is 0 Å². The summed E-state index contributed by atoms with van der Waals surface area (Å²) >= 11 is 0. The zero-order chi connectivity index (χ0) is 36.6. The lowest BCUT2D eigenvalue weighted by Gasteiger charge is -2.21. The van der Waals surface area contributed by atoms with Gasteiger partial charge in [-0.25, -0.2) is 0 Å². The summed E-state index contributed by atoms with van der Waals surface area (Å²) in [7, 11) is 0. The number of aliphatic hydroxyl groups is 3. The predicted octanol–water partition coefficient (Wildman–Crippen LogP) is 12.2. The maximum atomic E-state index is 12.4. The Labute approximate surface area is 310 Å². The van der Waals surface area contributed by atoms with Gasteiger partial charge in [0, 0.05) is 0 Å². The molecule has 0 rings (SSSR count). The molecule has 50 heavy (non-hydrogen) atoms. The molecule has 0 fully saturated rings. The Balaban J connectivity index is 3.70. The summed E-state index contributed by atoms with van der Waals surface area (Å²) in [5, 5.41) is 33.1. The first-order chi connectivity index (χ1) is 24.5. The highest BCUT2D eigenvalue weighted by molar-refractivity contribution is 5.76. The van der Waals surface area contributed by atoms with E-state index >= 15 is 0 Å². The Morgan fingerprint density at radius 3 is 1.40 bits per heavy atom. The summed E-state index contributed by atoms with van der Waals surface area (Å²) in [5.74, 6) is -0.333. The maximum Gasteiger partial charge on any atom is 0.222 e. The topological polar surface area (TPSA) is 89.8 Å². The van der Waals surface area contributed by atoms with Crippen LogP contribution in [-0.4, -0.2) is 46.1 Å². The Morgan fingerprint density at radius 1 is 0.520 bits per heavy atom. The SMILES string of the molecule is CCCCCCCC/C=C/CC/C=C/C(O)C(CO)NC(=O)CC(O)CCCCCCCCC/C=C\C/C=C\CCCCCCCCCCC. The number of unbranched alkanes of at least 4 members (excludes halogenated alkanes) is 23. The fourth-order valence-electron chi connectivity index (χ4n) is 6.27. The third-order valence-electron chi connectivity index (χ3n) is 9.59. The summed E-state index contributed by atoms with van der Waals surface area (Å²) in [4.78, 5) is 12.4. The largest absolute Gasteiger partial charge is 0.394 e. The van der Waals surface area contributed by atoms with Crippen LogP contribution in [0.4, 0.5) is 0 Å². The molecule has 0 saturated carbocycles. The molecule has 292 valence electrons. The van der Waals surface area contributed by atoms with Crippen molar-refractivity contribution >= 4 is 5.91 Å². The molecule has 0 spiro atoms. The van der Waals surface area contributed by atoms with Crippen LogP contribution in [0, 0.1) is 0 Å². The van der Waals surface area contributed by atoms with E-state index < -0.39 is 18.2 Å². The van der Waals surface area contributed by atoms with Gasteiger partial charge < -0.3 is 20.6 Å². The molecule has 3 unspecified atom stereocenters. The molecule has 0 heterocycles. The average Bonchev–Trinajstić information content (AvgIpc) is 3.11. The van der Waals surface area contributed by atoms with Crippen LogP contribution in [0.3, 0.4) is 0 Å². The van der Waals surface area contributed by atoms with Gasteiger partial charge >= 0.3 is 0 Å². The molecule has 0 radical (unpaired) electrons. The fourth-order valence-corrected chi connectivity index (χ4v) is 6.27. The Morgan fingerprint density at radius 2 is 0.920 bits per heavy atom. The van der Waals surface area contributed by atoms with Crippen LogP contribution in [0.2, 0.25) is 0 Å². The third kappa shape index (κ3) is 36.1. The van der Waals surface area contributed by atoms with E-state index in [1.807, 2.05) is 6.08 Å². The standard InChI is InChI=1S/C45H83NO4/c1-3-5-7-9-11-13-15-17-18-19-20-21-22-23-24-25-26-27-28-30-32-34-36-38-42(48)40-45(50)46-43(41-47)44(49)39-37-35-33-31-29-16-14-12-10-8-6-4-2/h20-21,23-24,29,31,37,39,42-44,47-49H,3-19,22,25-28,30,32-36,38,40-41H2,1-2H3,(H,46,50)/b21-20-,24-23-,31-29+,39-37+. The minimum Gasteiger partial charge on any atom is -0.394 e. The van der Waals surface area contributed by atoms with Gasteiger partial charge in [-0.15, -0.1) is 0 Å². The zero-order valence-electron chi connectivity index (χ0n) is 33.0. The summed E-state index contributed by atoms with van der Waals surface area (Å²) in [5.41, 5.74) is 0. The molecular formula is C45H83NO4. The van der Waals surface area contributed by atoms with Crippen molar-refractivity contribution in [3.8, 4) is 0 Å². The average molecular weight is 702 g/mol. The normalized spacial score (nSPS) is 14.1. The lowest BCUT2D eigenvalue weighted by Crippen LogP contribution is -2.45. The molecule has 0 saturated heterocycles. The number of hydrogen-bond acceptors (Lipinski definition) is 4. The number of rotatable bonds is 38. The van der Waals surface area contributed by atoms with E-state index in [4.69, 9.17) is 0 Å². The maximum absolute atomic E-state index is 12.4. The summed E-state index contributed by atoms with van der Waals surface area (Å²) in [6.07, 6.45) is 51.1. The van der Waals surface area contributed by atoms with Crippen molar-refractivity contribution in [2.45, 2.75) is 225 Å². The number of allylic oxidation sites excluding steroid dienone is 7. The number of carbonyl (C=O) groups is 1. The lowest BCUT2D eigenvalue weighted by atomic mass is 10.0. The highest BCUT2D eigenvalue weighted by Crippen LogP contribution is 2.14. The quantitative estimate of drug-likeness (QED) is 0.0381. The van der Waals surface area contributed by atoms with E-state index in [0.717, 1.165) is 38.5 Å². The van der Waals surface area contributed by atoms with Gasteiger partial charge in [-0.1, -0.05) is 184 Å². The van der Waals surface area contributed by atoms with Crippen molar-refractivity contribution in [1.29, 1.82) is 0 Å². The summed E-state index contributed by atoms with van der Waals surface area (Å²) in [6.45, 7) is 4.17. The van der Waals surface area contributed by atoms with Gasteiger partial charge in [0.2, 0.25) is 5.91 Å². The van der Waals surface area contributed by atoms with E-state index in [9.17, 15) is 20.1 Å². The summed E-state index contributed by atoms with van der Waals surface area (Å²) in [6, 6.07) is -0.763. The fraction of sp³-hybridized carbons (Fsp3) is 0.800. The molecule has 0 aliphatic heterocycles. The molecule has 5 nitrogen and oxygen atoms in total. The van der Waals surface area contributed by atoms with Gasteiger partial charge in [0.05, 0.1) is 31.3 Å². The van der Waals surface area contributed by atoms with Gasteiger partial charge in [0.1, 0.15) is 0 Å². The minimum absolute atomic E-state index is 0.00104. The minimum atomic E-state index is -0.953. The Bertz CT molecular complexity index is 820. The monoisotopic (exact) mass is 702 g/mol. The van der Waals surface area contributed by atoms with E-state index in [-0.39, 0.29) is 18.9 Å². The smallest absolute Gasteiger partial charge is 0.222 e. The van der Waals surface area contributed by atoms with E-state index in [1.54, 1.807) is 6.08 Å². The van der Waals surface area contributed by atoms with Crippen LogP contribution in [0.5, 0.6) is 0 Å². The number of amides is 1. The number of aliphatic hydroxyl groups excluding tert-OH is 3. The van der Waals surface area contributed by atoms with Crippen LogP contribution in [-0.2, 0) is 4.79 Å². The molecular weight excluding hydrogens is 618 g/mol. The van der Waals surface area contributed by atoms with E-state index in [1.165, 1.54) is 141 Å². The number of hydrogen-bond donors (Lipinski definition) is 4. The van der Waals surface area contributed by atoms with Crippen molar-refractivity contribution in [2.75, 3.05) is 6.61 Å². The van der Waals surface area contributed by atoms with Gasteiger partial charge in [-0.05, 0) is 64.2 Å². The summed E-state index contributed by atoms with van der Waals surface area (Å²) < 4.78 is 0. The highest BCUT2D eigenvalue weighted by atomic mass is 16.3. The molecule has 0 aliphatic carbocycles. The first-order valence-corrected chi connectivity index (χ1v) is 21.4. The van der Waals surface area contributed by atoms with Crippen molar-refractivity contribution in [3.63, 3.8) is 0 Å². The van der Waals surface area contributed by atoms with Crippen LogP contribution in [0.15, 0.2) is 48.6 Å². The number of carbonyl (C=O) groups excluding carboxylic acids is 1. The lowest BCUT2D eigenvalue weighted by molar-refractivity contribution is -0.124. The van der Waals surface area contributed by atoms with Crippen molar-refractivity contribution in [1.82, 2.24) is 5.32 Å². The molecule has 3 atom stereocenters. The second-order valence-electron chi connectivity index (χ2n) is 14.6. The van der Waals surface area contributed by atoms with Gasteiger partial charge in [0.15, 0.2) is 0 Å². The second-order valence-corrected chi connectivity index (χ2v) is 14.6. The Kier molecular flexibility index (Phi) is 38.7. The molecule has 1 amide bonds. The van der Waals surface area contributed by atoms with Crippen molar-refractivity contribution < 1.29 is 20.1 Å². The number of nitrogens with one attached hydrogen (secondary N) is 1. The van der Waals surface area contributed by atoms with Crippen LogP contribution < -0.4 is 5.32 Å². The van der Waals surface area contributed by atoms with E-state index in [0.29, 0.717) is 6.42 Å². The first kappa shape index (κ1) is 48.3. The molecule has 0 aromatic rings. The third-order valence-corrected chi connectivity index (χ3v) is 9.59. The predicted molar refractivity (Wildman–Crippen MR) is 217 cm³/mol. The molecule has 0 aromatic carbocycles. The molecule has 0 bridgehead atoms. The Hall–Kier alpha value is -1.69. The second kappa shape index (κ2) is 40.1. The molecule has 0 aliphatic rings. The van der Waals surface area contributed by atoms with Crippen molar-refractivity contribution in [3.05, 3.63) is 48.6 Å². The molecule has 0 aromatic heterocycles. The molecule has 4 N–H and O–H groups in total. The van der Waals surface area contributed by atoms with E-state index in [2.05, 4.69) is 55.6 Å². The zero-order valence-corrected chi connectivity index (χ0v) is 33.0.